The van der Waals surface area contributed by atoms with Crippen molar-refractivity contribution in [3.05, 3.63) is 83.7 Å². The van der Waals surface area contributed by atoms with Crippen LogP contribution in [-0.2, 0) is 16.6 Å². The Morgan fingerprint density at radius 1 is 1.05 bits per heavy atom. The van der Waals surface area contributed by atoms with E-state index in [1.54, 1.807) is 12.3 Å². The first-order chi connectivity index (χ1) is 19.7. The predicted octanol–water partition coefficient (Wildman–Crippen LogP) is 5.10. The van der Waals surface area contributed by atoms with E-state index in [9.17, 15) is 12.8 Å². The van der Waals surface area contributed by atoms with Crippen molar-refractivity contribution in [2.75, 3.05) is 42.1 Å². The molecule has 3 N–H and O–H groups in total. The van der Waals surface area contributed by atoms with Crippen LogP contribution in [0.4, 0.5) is 15.8 Å². The highest BCUT2D eigenvalue weighted by atomic mass is 35.5. The first-order valence-corrected chi connectivity index (χ1v) is 15.4. The maximum Gasteiger partial charge on any atom is 0.229 e. The number of fused-ring (bicyclic) bond motifs is 1. The third-order valence-electron chi connectivity index (χ3n) is 7.49. The molecule has 6 rings (SSSR count). The first kappa shape index (κ1) is 29.6. The molecule has 0 amide bonds. The number of nitrogens with one attached hydrogen (secondary N) is 3. The van der Waals surface area contributed by atoms with Crippen LogP contribution in [-0.4, -0.2) is 60.6 Å². The first-order valence-electron chi connectivity index (χ1n) is 13.5. The van der Waals surface area contributed by atoms with E-state index in [1.165, 1.54) is 18.4 Å². The van der Waals surface area contributed by atoms with Crippen LogP contribution in [0.1, 0.15) is 17.0 Å². The fourth-order valence-corrected chi connectivity index (χ4v) is 6.16. The van der Waals surface area contributed by atoms with Crippen molar-refractivity contribution in [3.63, 3.8) is 0 Å². The molecule has 220 valence electrons. The van der Waals surface area contributed by atoms with Gasteiger partial charge in [0.25, 0.3) is 0 Å². The van der Waals surface area contributed by atoms with Crippen LogP contribution in [0.2, 0.25) is 0 Å². The predicted molar refractivity (Wildman–Crippen MR) is 169 cm³/mol. The molecule has 1 saturated heterocycles. The largest absolute Gasteiger partial charge is 0.367 e. The maximum absolute atomic E-state index is 13.8. The van der Waals surface area contributed by atoms with Gasteiger partial charge in [0.05, 0.1) is 29.9 Å². The average Bonchev–Trinajstić information content (AvgIpc) is 3.47. The van der Waals surface area contributed by atoms with Gasteiger partial charge < -0.3 is 15.2 Å². The molecule has 42 heavy (non-hydrogen) atoms. The molecule has 0 bridgehead atoms. The smallest absolute Gasteiger partial charge is 0.229 e. The molecular formula is C30H33ClFN7O2S. The second kappa shape index (κ2) is 11.7. The van der Waals surface area contributed by atoms with E-state index < -0.39 is 10.0 Å². The van der Waals surface area contributed by atoms with Gasteiger partial charge in [0.15, 0.2) is 0 Å². The van der Waals surface area contributed by atoms with Gasteiger partial charge in [-0.15, -0.1) is 12.4 Å². The topological polar surface area (TPSA) is 108 Å². The number of aryl methyl sites for hydroxylation is 1. The summed E-state index contributed by atoms with van der Waals surface area (Å²) in [5, 5.41) is 9.03. The number of sulfonamides is 1. The number of aromatic nitrogens is 4. The summed E-state index contributed by atoms with van der Waals surface area (Å²) in [7, 11) is -3.48. The fourth-order valence-electron chi connectivity index (χ4n) is 5.60. The van der Waals surface area contributed by atoms with Gasteiger partial charge in [-0.1, -0.05) is 18.2 Å². The minimum atomic E-state index is -3.48. The van der Waals surface area contributed by atoms with Crippen molar-refractivity contribution < 1.29 is 12.8 Å². The molecule has 0 saturated carbocycles. The minimum Gasteiger partial charge on any atom is -0.367 e. The molecule has 2 aromatic carbocycles. The zero-order valence-corrected chi connectivity index (χ0v) is 25.2. The highest BCUT2D eigenvalue weighted by Gasteiger charge is 2.20. The lowest BCUT2D eigenvalue weighted by atomic mass is 10.0. The molecule has 4 heterocycles. The van der Waals surface area contributed by atoms with E-state index in [1.807, 2.05) is 49.0 Å². The lowest BCUT2D eigenvalue weighted by Gasteiger charge is -2.31. The maximum atomic E-state index is 13.8. The van der Waals surface area contributed by atoms with Gasteiger partial charge in [-0.05, 0) is 55.3 Å². The second-order valence-corrected chi connectivity index (χ2v) is 12.2. The molecule has 1 fully saturated rings. The van der Waals surface area contributed by atoms with Crippen molar-refractivity contribution in [2.24, 2.45) is 0 Å². The zero-order chi connectivity index (χ0) is 28.7. The highest BCUT2D eigenvalue weighted by Crippen LogP contribution is 2.37. The number of aromatic amines is 1. The molecule has 0 spiro atoms. The minimum absolute atomic E-state index is 0. The van der Waals surface area contributed by atoms with Crippen molar-refractivity contribution in [2.45, 2.75) is 20.4 Å². The van der Waals surface area contributed by atoms with E-state index in [0.29, 0.717) is 12.2 Å². The summed E-state index contributed by atoms with van der Waals surface area (Å²) in [6.45, 7) is 7.73. The van der Waals surface area contributed by atoms with E-state index >= 15 is 0 Å². The zero-order valence-electron chi connectivity index (χ0n) is 23.6. The molecule has 0 atom stereocenters. The number of rotatable bonds is 7. The Morgan fingerprint density at radius 2 is 1.83 bits per heavy atom. The third-order valence-corrected chi connectivity index (χ3v) is 8.08. The number of anilines is 2. The van der Waals surface area contributed by atoms with Crippen LogP contribution in [0.25, 0.3) is 33.3 Å². The number of nitrogens with zero attached hydrogens (tertiary/aromatic N) is 4. The van der Waals surface area contributed by atoms with Crippen molar-refractivity contribution in [3.8, 4) is 22.3 Å². The lowest BCUT2D eigenvalue weighted by Crippen LogP contribution is -2.43. The van der Waals surface area contributed by atoms with Crippen molar-refractivity contribution >= 4 is 44.8 Å². The van der Waals surface area contributed by atoms with Crippen molar-refractivity contribution in [1.82, 2.24) is 25.1 Å². The summed E-state index contributed by atoms with van der Waals surface area (Å²) in [6, 6.07) is 14.5. The Morgan fingerprint density at radius 3 is 2.57 bits per heavy atom. The number of halogens is 2. The molecule has 3 aromatic heterocycles. The SMILES string of the molecule is Cc1nn(Cc2cccc(F)c2)c(C)c1-c1c[nH]c2ncc(-c3ccc(N4CCNCC4)c(NS(C)(=O)=O)c3)cc12.Cl. The molecular weight excluding hydrogens is 577 g/mol. The molecule has 0 radical (unpaired) electrons. The van der Waals surface area contributed by atoms with E-state index in [4.69, 9.17) is 5.10 Å². The Labute approximate surface area is 250 Å². The Bertz CT molecular complexity index is 1860. The van der Waals surface area contributed by atoms with Crippen LogP contribution in [0.15, 0.2) is 60.9 Å². The van der Waals surface area contributed by atoms with Gasteiger partial charge >= 0.3 is 0 Å². The summed E-state index contributed by atoms with van der Waals surface area (Å²) in [5.41, 5.74) is 8.52. The Hall–Kier alpha value is -3.93. The second-order valence-electron chi connectivity index (χ2n) is 10.5. The molecule has 1 aliphatic rings. The Balaban J connectivity index is 0.00000353. The van der Waals surface area contributed by atoms with Crippen LogP contribution in [0.3, 0.4) is 0 Å². The van der Waals surface area contributed by atoms with Crippen LogP contribution in [0, 0.1) is 19.7 Å². The quantitative estimate of drug-likeness (QED) is 0.237. The average molecular weight is 610 g/mol. The van der Waals surface area contributed by atoms with Gasteiger partial charge in [0.2, 0.25) is 10.0 Å². The monoisotopic (exact) mass is 609 g/mol. The normalized spacial score (nSPS) is 13.8. The van der Waals surface area contributed by atoms with Crippen molar-refractivity contribution in [1.29, 1.82) is 0 Å². The number of hydrogen-bond acceptors (Lipinski definition) is 6. The summed E-state index contributed by atoms with van der Waals surface area (Å²) in [5.74, 6) is -0.268. The number of pyridine rings is 1. The van der Waals surface area contributed by atoms with Gasteiger partial charge in [0.1, 0.15) is 11.5 Å². The Kier molecular flexibility index (Phi) is 8.27. The summed E-state index contributed by atoms with van der Waals surface area (Å²) < 4.78 is 42.9. The third kappa shape index (κ3) is 5.99. The van der Waals surface area contributed by atoms with Crippen LogP contribution < -0.4 is 14.9 Å². The van der Waals surface area contributed by atoms with E-state index in [2.05, 4.69) is 31.0 Å². The van der Waals surface area contributed by atoms with Gasteiger partial charge in [-0.2, -0.15) is 5.10 Å². The molecule has 5 aromatic rings. The highest BCUT2D eigenvalue weighted by molar-refractivity contribution is 7.92. The molecule has 9 nitrogen and oxygen atoms in total. The number of benzene rings is 2. The standard InChI is InChI=1S/C30H32FN7O2S.ClH/c1-19-29(20(2)38(35-19)18-21-5-4-6-24(31)13-21)26-17-34-30-25(26)14-23(16-33-30)22-7-8-28(37-11-9-32-10-12-37)27(15-22)36-41(3,39)40;/h4-8,13-17,32,36H,9-12,18H2,1-3H3,(H,33,34);1H. The van der Waals surface area contributed by atoms with E-state index in [-0.39, 0.29) is 18.2 Å². The van der Waals surface area contributed by atoms with Gasteiger partial charge in [0, 0.05) is 66.3 Å². The number of hydrogen-bond donors (Lipinski definition) is 3. The summed E-state index contributed by atoms with van der Waals surface area (Å²) >= 11 is 0. The number of piperazine rings is 1. The lowest BCUT2D eigenvalue weighted by molar-refractivity contribution is 0.589. The molecule has 0 aliphatic carbocycles. The van der Waals surface area contributed by atoms with Crippen LogP contribution in [0.5, 0.6) is 0 Å². The van der Waals surface area contributed by atoms with Gasteiger partial charge in [-0.3, -0.25) is 9.40 Å². The van der Waals surface area contributed by atoms with Gasteiger partial charge in [-0.25, -0.2) is 17.8 Å². The molecule has 1 aliphatic heterocycles. The van der Waals surface area contributed by atoms with E-state index in [0.717, 1.165) is 82.1 Å². The number of H-pyrrole nitrogens is 1. The molecule has 0 unspecified atom stereocenters. The summed E-state index contributed by atoms with van der Waals surface area (Å²) in [6.07, 6.45) is 4.90. The molecule has 12 heteroatoms. The summed E-state index contributed by atoms with van der Waals surface area (Å²) in [4.78, 5) is 10.1. The van der Waals surface area contributed by atoms with Crippen LogP contribution >= 0.6 is 12.4 Å². The fraction of sp³-hybridized carbons (Fsp3) is 0.267.